The van der Waals surface area contributed by atoms with Gasteiger partial charge in [0.2, 0.25) is 0 Å². The van der Waals surface area contributed by atoms with Crippen LogP contribution < -0.4 is 11.3 Å². The van der Waals surface area contributed by atoms with E-state index in [2.05, 4.69) is 12.3 Å². The second kappa shape index (κ2) is 6.49. The molecule has 2 rings (SSSR count). The number of aryl methyl sites for hydroxylation is 1. The van der Waals surface area contributed by atoms with Crippen LogP contribution in [0.3, 0.4) is 0 Å². The lowest BCUT2D eigenvalue weighted by Crippen LogP contribution is -2.35. The summed E-state index contributed by atoms with van der Waals surface area (Å²) in [6, 6.07) is 5.55. The molecule has 3 unspecified atom stereocenters. The Morgan fingerprint density at radius 2 is 2.21 bits per heavy atom. The lowest BCUT2D eigenvalue weighted by molar-refractivity contribution is 0.210. The predicted octanol–water partition coefficient (Wildman–Crippen LogP) is 3.85. The van der Waals surface area contributed by atoms with Gasteiger partial charge < -0.3 is 0 Å². The third kappa shape index (κ3) is 3.34. The van der Waals surface area contributed by atoms with Crippen LogP contribution in [-0.4, -0.2) is 0 Å². The Hall–Kier alpha value is -0.930. The van der Waals surface area contributed by atoms with Crippen molar-refractivity contribution in [2.75, 3.05) is 0 Å². The fourth-order valence-electron chi connectivity index (χ4n) is 3.31. The van der Waals surface area contributed by atoms with E-state index in [9.17, 15) is 4.39 Å². The molecular weight excluding hydrogens is 239 g/mol. The van der Waals surface area contributed by atoms with E-state index in [1.54, 1.807) is 13.0 Å². The van der Waals surface area contributed by atoms with E-state index in [0.717, 1.165) is 11.5 Å². The molecule has 1 aromatic carbocycles. The van der Waals surface area contributed by atoms with Gasteiger partial charge >= 0.3 is 0 Å². The monoisotopic (exact) mass is 264 g/mol. The summed E-state index contributed by atoms with van der Waals surface area (Å²) < 4.78 is 13.7. The molecule has 0 bridgehead atoms. The molecule has 0 heterocycles. The highest BCUT2D eigenvalue weighted by Crippen LogP contribution is 2.38. The van der Waals surface area contributed by atoms with Crippen LogP contribution in [0.15, 0.2) is 18.2 Å². The van der Waals surface area contributed by atoms with Crippen LogP contribution in [0.5, 0.6) is 0 Å². The molecule has 19 heavy (non-hydrogen) atoms. The first kappa shape index (κ1) is 14.5. The van der Waals surface area contributed by atoms with Crippen molar-refractivity contribution in [3.8, 4) is 0 Å². The van der Waals surface area contributed by atoms with Gasteiger partial charge in [-0.3, -0.25) is 11.3 Å². The third-order valence-electron chi connectivity index (χ3n) is 4.61. The molecule has 0 radical (unpaired) electrons. The second-order valence-corrected chi connectivity index (χ2v) is 5.85. The number of nitrogens with two attached hydrogens (primary N) is 1. The van der Waals surface area contributed by atoms with Gasteiger partial charge in [-0.15, -0.1) is 0 Å². The fourth-order valence-corrected chi connectivity index (χ4v) is 3.31. The number of halogens is 1. The topological polar surface area (TPSA) is 38.0 Å². The molecule has 0 amide bonds. The van der Waals surface area contributed by atoms with E-state index in [0.29, 0.717) is 11.5 Å². The highest BCUT2D eigenvalue weighted by molar-refractivity contribution is 5.26. The molecule has 3 heteroatoms. The minimum atomic E-state index is -0.138. The van der Waals surface area contributed by atoms with Crippen molar-refractivity contribution in [2.24, 2.45) is 17.7 Å². The lowest BCUT2D eigenvalue weighted by Gasteiger charge is -2.34. The summed E-state index contributed by atoms with van der Waals surface area (Å²) in [5.74, 6) is 6.92. The van der Waals surface area contributed by atoms with Crippen molar-refractivity contribution in [1.82, 2.24) is 5.43 Å². The van der Waals surface area contributed by atoms with Crippen molar-refractivity contribution in [3.63, 3.8) is 0 Å². The van der Waals surface area contributed by atoms with Gasteiger partial charge in [0.1, 0.15) is 5.82 Å². The Bertz CT molecular complexity index is 419. The van der Waals surface area contributed by atoms with Gasteiger partial charge in [0.05, 0.1) is 0 Å². The molecule has 3 N–H and O–H groups in total. The van der Waals surface area contributed by atoms with Crippen LogP contribution >= 0.6 is 0 Å². The summed E-state index contributed by atoms with van der Waals surface area (Å²) in [6.45, 7) is 4.04. The number of rotatable bonds is 4. The molecule has 1 aromatic rings. The molecule has 1 aliphatic carbocycles. The molecule has 0 spiro atoms. The standard InChI is InChI=1S/C16H25FN2/c1-3-12-5-4-6-13(9-12)16(19-18)14-8-7-11(2)15(17)10-14/h7-8,10,12-13,16,19H,3-6,9,18H2,1-2H3. The minimum Gasteiger partial charge on any atom is -0.271 e. The van der Waals surface area contributed by atoms with Crippen LogP contribution in [0.25, 0.3) is 0 Å². The molecule has 1 aliphatic rings. The number of hydrogen-bond donors (Lipinski definition) is 2. The molecule has 3 atom stereocenters. The van der Waals surface area contributed by atoms with Gasteiger partial charge in [-0.25, -0.2) is 4.39 Å². The molecule has 1 fully saturated rings. The molecule has 0 aromatic heterocycles. The molecule has 0 aliphatic heterocycles. The summed E-state index contributed by atoms with van der Waals surface area (Å²) in [6.07, 6.45) is 6.19. The minimum absolute atomic E-state index is 0.0736. The predicted molar refractivity (Wildman–Crippen MR) is 76.9 cm³/mol. The Balaban J connectivity index is 2.16. The summed E-state index contributed by atoms with van der Waals surface area (Å²) in [5.41, 5.74) is 4.58. The van der Waals surface area contributed by atoms with E-state index in [1.165, 1.54) is 32.1 Å². The third-order valence-corrected chi connectivity index (χ3v) is 4.61. The SMILES string of the molecule is CCC1CCCC(C(NN)c2ccc(C)c(F)c2)C1. The van der Waals surface area contributed by atoms with Crippen LogP contribution in [0.2, 0.25) is 0 Å². The number of nitrogens with one attached hydrogen (secondary N) is 1. The summed E-state index contributed by atoms with van der Waals surface area (Å²) in [5, 5.41) is 0. The maximum Gasteiger partial charge on any atom is 0.126 e. The van der Waals surface area contributed by atoms with Crippen molar-refractivity contribution >= 4 is 0 Å². The van der Waals surface area contributed by atoms with Crippen molar-refractivity contribution in [2.45, 2.75) is 52.0 Å². The van der Waals surface area contributed by atoms with E-state index in [1.807, 2.05) is 12.1 Å². The van der Waals surface area contributed by atoms with Crippen LogP contribution in [-0.2, 0) is 0 Å². The molecule has 2 nitrogen and oxygen atoms in total. The lowest BCUT2D eigenvalue weighted by atomic mass is 9.75. The Morgan fingerprint density at radius 1 is 1.42 bits per heavy atom. The molecule has 1 saturated carbocycles. The number of hydrogen-bond acceptors (Lipinski definition) is 2. The first-order valence-electron chi connectivity index (χ1n) is 7.37. The maximum atomic E-state index is 13.7. The van der Waals surface area contributed by atoms with Crippen LogP contribution in [0.4, 0.5) is 4.39 Å². The number of benzene rings is 1. The van der Waals surface area contributed by atoms with Gasteiger partial charge in [0.15, 0.2) is 0 Å². The number of hydrazine groups is 1. The fraction of sp³-hybridized carbons (Fsp3) is 0.625. The van der Waals surface area contributed by atoms with E-state index in [4.69, 9.17) is 5.84 Å². The largest absolute Gasteiger partial charge is 0.271 e. The van der Waals surface area contributed by atoms with Gasteiger partial charge in [-0.2, -0.15) is 0 Å². The highest BCUT2D eigenvalue weighted by atomic mass is 19.1. The van der Waals surface area contributed by atoms with E-state index >= 15 is 0 Å². The molecule has 106 valence electrons. The average molecular weight is 264 g/mol. The highest BCUT2D eigenvalue weighted by Gasteiger charge is 2.28. The van der Waals surface area contributed by atoms with Crippen LogP contribution in [0, 0.1) is 24.6 Å². The zero-order chi connectivity index (χ0) is 13.8. The van der Waals surface area contributed by atoms with E-state index in [-0.39, 0.29) is 11.9 Å². The zero-order valence-corrected chi connectivity index (χ0v) is 12.0. The van der Waals surface area contributed by atoms with Gasteiger partial charge in [0, 0.05) is 6.04 Å². The normalized spacial score (nSPS) is 25.3. The molecular formula is C16H25FN2. The summed E-state index contributed by atoms with van der Waals surface area (Å²) in [4.78, 5) is 0. The smallest absolute Gasteiger partial charge is 0.126 e. The maximum absolute atomic E-state index is 13.7. The van der Waals surface area contributed by atoms with Crippen LogP contribution in [0.1, 0.15) is 56.2 Å². The average Bonchev–Trinajstić information content (AvgIpc) is 2.44. The Kier molecular flexibility index (Phi) is 4.94. The summed E-state index contributed by atoms with van der Waals surface area (Å²) >= 11 is 0. The van der Waals surface area contributed by atoms with Gasteiger partial charge in [0.25, 0.3) is 0 Å². The Labute approximate surface area is 115 Å². The van der Waals surface area contributed by atoms with E-state index < -0.39 is 0 Å². The summed E-state index contributed by atoms with van der Waals surface area (Å²) in [7, 11) is 0. The molecule has 0 saturated heterocycles. The van der Waals surface area contributed by atoms with Gasteiger partial charge in [-0.1, -0.05) is 38.3 Å². The van der Waals surface area contributed by atoms with Crippen molar-refractivity contribution in [3.05, 3.63) is 35.1 Å². The second-order valence-electron chi connectivity index (χ2n) is 5.85. The Morgan fingerprint density at radius 3 is 2.84 bits per heavy atom. The first-order valence-corrected chi connectivity index (χ1v) is 7.37. The quantitative estimate of drug-likeness (QED) is 0.640. The van der Waals surface area contributed by atoms with Gasteiger partial charge in [-0.05, 0) is 48.8 Å². The first-order chi connectivity index (χ1) is 9.15. The zero-order valence-electron chi connectivity index (χ0n) is 12.0. The van der Waals surface area contributed by atoms with Crippen molar-refractivity contribution < 1.29 is 4.39 Å². The van der Waals surface area contributed by atoms with Crippen molar-refractivity contribution in [1.29, 1.82) is 0 Å².